The van der Waals surface area contributed by atoms with Gasteiger partial charge in [-0.2, -0.15) is 5.11 Å². The second kappa shape index (κ2) is 14.0. The van der Waals surface area contributed by atoms with Crippen LogP contribution >= 0.6 is 0 Å². The average molecular weight is 693 g/mol. The van der Waals surface area contributed by atoms with Crippen molar-refractivity contribution in [2.24, 2.45) is 61.8 Å². The monoisotopic (exact) mass is 693 g/mol. The predicted molar refractivity (Wildman–Crippen MR) is 165 cm³/mol. The van der Waals surface area contributed by atoms with Crippen LogP contribution in [0.25, 0.3) is 0 Å². The summed E-state index contributed by atoms with van der Waals surface area (Å²) in [6.45, 7) is 6.48. The molecule has 0 N–H and O–H groups in total. The van der Waals surface area contributed by atoms with Gasteiger partial charge >= 0.3 is 266 Å². The van der Waals surface area contributed by atoms with E-state index in [1.54, 1.807) is 0 Å². The zero-order chi connectivity index (χ0) is 29.5. The normalized spacial score (nSPS) is 29.0. The van der Waals surface area contributed by atoms with Gasteiger partial charge in [-0.25, -0.2) is 0 Å². The van der Waals surface area contributed by atoms with Crippen LogP contribution in [0.2, 0.25) is 0 Å². The first kappa shape index (κ1) is 30.5. The first-order chi connectivity index (χ1) is 20.4. The molecule has 5 rings (SSSR count). The quantitative estimate of drug-likeness (QED) is 0.156. The minimum atomic E-state index is -0.484. The molecule has 0 bridgehead atoms. The second-order valence-corrected chi connectivity index (χ2v) is 12.6. The molecule has 11 heteroatoms. The molecule has 8 nitrogen and oxygen atoms in total. The van der Waals surface area contributed by atoms with E-state index in [1.807, 2.05) is 44.9 Å². The maximum absolute atomic E-state index is 4.93. The van der Waals surface area contributed by atoms with Gasteiger partial charge < -0.3 is 4.10 Å². The van der Waals surface area contributed by atoms with Gasteiger partial charge in [0.05, 0.1) is 0 Å². The van der Waals surface area contributed by atoms with Crippen molar-refractivity contribution < 1.29 is 21.2 Å². The number of halogens is 1. The molecule has 0 saturated carbocycles. The zero-order valence-corrected chi connectivity index (χ0v) is 28.0. The number of aliphatic imine (C=N–C) groups is 2. The summed E-state index contributed by atoms with van der Waals surface area (Å²) in [5.74, 6) is 0.660. The van der Waals surface area contributed by atoms with E-state index in [2.05, 4.69) is 131 Å². The maximum atomic E-state index is 4.93. The fourth-order valence-corrected chi connectivity index (χ4v) is 6.75. The van der Waals surface area contributed by atoms with Crippen molar-refractivity contribution in [2.45, 2.75) is 20.8 Å². The van der Waals surface area contributed by atoms with Crippen LogP contribution < -0.4 is 21.2 Å². The van der Waals surface area contributed by atoms with Crippen LogP contribution in [-0.4, -0.2) is 41.5 Å². The molecule has 0 fully saturated rings. The van der Waals surface area contributed by atoms with Crippen LogP contribution in [0.3, 0.4) is 0 Å². The Bertz CT molecular complexity index is 1620. The van der Waals surface area contributed by atoms with Crippen molar-refractivity contribution in [3.05, 3.63) is 130 Å². The van der Waals surface area contributed by atoms with E-state index in [-0.39, 0.29) is 23.2 Å². The number of rotatable bonds is 8. The third-order valence-corrected chi connectivity index (χ3v) is 8.81. The molecule has 0 aliphatic heterocycles. The van der Waals surface area contributed by atoms with Gasteiger partial charge in [0.25, 0.3) is 0 Å². The second-order valence-electron chi connectivity index (χ2n) is 10.3. The average Bonchev–Trinajstić information content (AvgIpc) is 3.23. The van der Waals surface area contributed by atoms with Crippen LogP contribution in [0, 0.1) is 23.2 Å². The summed E-state index contributed by atoms with van der Waals surface area (Å²) in [5, 5.41) is 17.6. The van der Waals surface area contributed by atoms with Crippen molar-refractivity contribution >= 4 is 41.5 Å². The summed E-state index contributed by atoms with van der Waals surface area (Å²) in [7, 11) is 0. The van der Waals surface area contributed by atoms with Crippen LogP contribution in [0.1, 0.15) is 20.8 Å². The first-order valence-corrected chi connectivity index (χ1v) is 17.0. The Morgan fingerprint density at radius 3 is 1.74 bits per heavy atom. The third kappa shape index (κ3) is 6.99. The number of hydrogen-bond acceptors (Lipinski definition) is 8. The summed E-state index contributed by atoms with van der Waals surface area (Å²) in [4.78, 5) is 9.62. The molecular formula is C31H28Al2IN8-. The predicted octanol–water partition coefficient (Wildman–Crippen LogP) is 4.44. The Kier molecular flexibility index (Phi) is 10.2. The van der Waals surface area contributed by atoms with Gasteiger partial charge in [0, 0.05) is 0 Å². The van der Waals surface area contributed by atoms with E-state index < -0.39 is 21.2 Å². The fourth-order valence-electron chi connectivity index (χ4n) is 5.40. The summed E-state index contributed by atoms with van der Waals surface area (Å²) in [5.41, 5.74) is 7.27. The number of nitrogens with zero attached hydrogens (tertiary/aromatic N) is 8. The molecule has 5 aliphatic carbocycles. The Morgan fingerprint density at radius 2 is 1.12 bits per heavy atom. The van der Waals surface area contributed by atoms with Gasteiger partial charge in [-0.15, -0.1) is 0 Å². The van der Waals surface area contributed by atoms with Crippen molar-refractivity contribution in [3.8, 4) is 0 Å². The van der Waals surface area contributed by atoms with E-state index in [1.165, 1.54) is 5.57 Å². The van der Waals surface area contributed by atoms with E-state index in [0.29, 0.717) is 0 Å². The van der Waals surface area contributed by atoms with Gasteiger partial charge in [-0.3, -0.25) is 0 Å². The Balaban J connectivity index is 1.33. The summed E-state index contributed by atoms with van der Waals surface area (Å²) in [6, 6.07) is 0. The summed E-state index contributed by atoms with van der Waals surface area (Å²) < 4.78 is 11.6. The molecule has 42 heavy (non-hydrogen) atoms. The van der Waals surface area contributed by atoms with Gasteiger partial charge in [-0.1, -0.05) is 0 Å². The molecule has 4 radical (unpaired) electrons. The first-order valence-electron chi connectivity index (χ1n) is 13.5. The molecule has 0 saturated heterocycles. The van der Waals surface area contributed by atoms with E-state index in [4.69, 9.17) is 10.1 Å². The van der Waals surface area contributed by atoms with E-state index in [9.17, 15) is 0 Å². The van der Waals surface area contributed by atoms with Crippen LogP contribution in [0.15, 0.2) is 169 Å². The van der Waals surface area contributed by atoms with Crippen molar-refractivity contribution in [2.75, 3.05) is 0 Å². The summed E-state index contributed by atoms with van der Waals surface area (Å²) >= 11 is 4.04. The molecule has 0 amide bonds. The van der Waals surface area contributed by atoms with Crippen molar-refractivity contribution in [3.63, 3.8) is 0 Å². The molecule has 0 aromatic rings. The minimum absolute atomic E-state index is 0.161. The zero-order valence-electron chi connectivity index (χ0n) is 23.6. The van der Waals surface area contributed by atoms with Crippen LogP contribution in [0.5, 0.6) is 0 Å². The fraction of sp³-hybridized carbons (Fsp3) is 0.226. The Labute approximate surface area is 273 Å². The molecule has 4 unspecified atom stereocenters. The SMILES string of the molecule is CC1C=C(N=C[I-]C=NC2=C3C=CC4C=CC(=C(N=NC5=CC(C)C=C(N=[N][Al])C=C5)C=C2)C34C)C=CC(N=[N][Al])=C1. The number of hydrogen-bond donors (Lipinski definition) is 0. The molecule has 0 aromatic carbocycles. The molecule has 4 atom stereocenters. The van der Waals surface area contributed by atoms with Crippen LogP contribution in [0.4, 0.5) is 0 Å². The van der Waals surface area contributed by atoms with E-state index >= 15 is 0 Å². The standard InChI is InChI=1S/C31H28IN8.2Al/c1-20-14-23(6-7-24(15-20)37-33)35-18-32-19-36-29-12-13-30(28-11-5-22-4-10-27(29)31(22,28)3)40-39-26-9-8-25(38-34)16-21(2)17-26;;/h4-22H,1-3H3;;/q-3;2*+1. The molecule has 0 aromatic heterocycles. The van der Waals surface area contributed by atoms with Gasteiger partial charge in [0.2, 0.25) is 0 Å². The number of allylic oxidation sites excluding steroid dienone is 16. The van der Waals surface area contributed by atoms with Gasteiger partial charge in [-0.05, 0) is 0 Å². The molecule has 5 aliphatic rings. The van der Waals surface area contributed by atoms with Crippen LogP contribution in [-0.2, 0) is 0 Å². The molecule has 206 valence electrons. The summed E-state index contributed by atoms with van der Waals surface area (Å²) in [6.07, 6.45) is 29.0. The van der Waals surface area contributed by atoms with Gasteiger partial charge in [0.15, 0.2) is 0 Å². The topological polar surface area (TPSA) is 98.9 Å². The van der Waals surface area contributed by atoms with E-state index in [0.717, 1.165) is 39.8 Å². The molecule has 0 spiro atoms. The van der Waals surface area contributed by atoms with Crippen molar-refractivity contribution in [1.82, 2.24) is 0 Å². The van der Waals surface area contributed by atoms with Crippen molar-refractivity contribution in [1.29, 1.82) is 0 Å². The molecule has 0 heterocycles. The Hall–Kier alpha value is -2.93. The van der Waals surface area contributed by atoms with Gasteiger partial charge in [0.1, 0.15) is 0 Å². The number of azo groups is 1. The Morgan fingerprint density at radius 1 is 0.619 bits per heavy atom. The molecular weight excluding hydrogens is 665 g/mol. The third-order valence-electron chi connectivity index (χ3n) is 7.38.